The van der Waals surface area contributed by atoms with Gasteiger partial charge in [0, 0.05) is 42.3 Å². The lowest BCUT2D eigenvalue weighted by molar-refractivity contribution is -0.149. The molecule has 3 aliphatic rings. The summed E-state index contributed by atoms with van der Waals surface area (Å²) in [6, 6.07) is 22.0. The highest BCUT2D eigenvalue weighted by Gasteiger charge is 2.67. The van der Waals surface area contributed by atoms with Crippen LogP contribution in [-0.4, -0.2) is 68.5 Å². The van der Waals surface area contributed by atoms with Crippen molar-refractivity contribution in [1.82, 2.24) is 4.90 Å². The van der Waals surface area contributed by atoms with Gasteiger partial charge < -0.3 is 28.5 Å². The van der Waals surface area contributed by atoms with Crippen molar-refractivity contribution < 1.29 is 33.1 Å². The molecular weight excluding hydrogens is 617 g/mol. The normalized spacial score (nSPS) is 23.5. The minimum Gasteiger partial charge on any atom is -0.482 e. The quantitative estimate of drug-likeness (QED) is 0.177. The molecular formula is C36H40FN3O6Si. The molecule has 3 aromatic carbocycles. The van der Waals surface area contributed by atoms with Crippen LogP contribution in [0, 0.1) is 5.92 Å². The SMILES string of the molecule is C=CCN1C(=O)[C@]2(O[C@H](CC(=O)N(CCO)Cc3ccccc3)[C@@H]([Si](C)(C)F)[C@@H]2C)c2cc(N3C(=O)COc4ccccc43)ccc21. The molecule has 4 atom stereocenters. The number of benzene rings is 3. The molecule has 1 spiro atoms. The van der Waals surface area contributed by atoms with Crippen molar-refractivity contribution in [3.63, 3.8) is 0 Å². The molecule has 246 valence electrons. The molecule has 0 aromatic heterocycles. The number of nitrogens with zero attached hydrogens (tertiary/aromatic N) is 3. The van der Waals surface area contributed by atoms with Crippen LogP contribution in [0.5, 0.6) is 5.75 Å². The number of ether oxygens (including phenoxy) is 2. The zero-order valence-corrected chi connectivity index (χ0v) is 27.9. The first-order valence-electron chi connectivity index (χ1n) is 15.9. The zero-order valence-electron chi connectivity index (χ0n) is 26.9. The summed E-state index contributed by atoms with van der Waals surface area (Å²) in [4.78, 5) is 46.3. The Morgan fingerprint density at radius 1 is 1.11 bits per heavy atom. The summed E-state index contributed by atoms with van der Waals surface area (Å²) in [6.45, 7) is 9.07. The molecule has 0 bridgehead atoms. The summed E-state index contributed by atoms with van der Waals surface area (Å²) in [5, 5.41) is 9.78. The second-order valence-electron chi connectivity index (χ2n) is 12.9. The van der Waals surface area contributed by atoms with E-state index in [0.717, 1.165) is 5.56 Å². The van der Waals surface area contributed by atoms with E-state index in [9.17, 15) is 19.5 Å². The molecule has 1 N–H and O–H groups in total. The summed E-state index contributed by atoms with van der Waals surface area (Å²) in [5.74, 6) is -0.981. The van der Waals surface area contributed by atoms with E-state index in [2.05, 4.69) is 6.58 Å². The first kappa shape index (κ1) is 32.6. The van der Waals surface area contributed by atoms with Crippen LogP contribution in [0.2, 0.25) is 18.6 Å². The number of carbonyl (C=O) groups excluding carboxylic acids is 3. The number of amides is 3. The zero-order chi connectivity index (χ0) is 33.5. The number of rotatable bonds is 10. The van der Waals surface area contributed by atoms with E-state index >= 15 is 4.11 Å². The third-order valence-corrected chi connectivity index (χ3v) is 12.0. The number of anilines is 3. The van der Waals surface area contributed by atoms with E-state index in [1.807, 2.05) is 49.4 Å². The Hall–Kier alpha value is -4.32. The molecule has 0 saturated carbocycles. The Morgan fingerprint density at radius 2 is 1.83 bits per heavy atom. The number of fused-ring (bicyclic) bond motifs is 3. The fraction of sp³-hybridized carbons (Fsp3) is 0.361. The van der Waals surface area contributed by atoms with Gasteiger partial charge in [0.1, 0.15) is 5.75 Å². The molecule has 1 fully saturated rings. The third-order valence-electron chi connectivity index (χ3n) is 9.54. The van der Waals surface area contributed by atoms with Gasteiger partial charge >= 0.3 is 0 Å². The van der Waals surface area contributed by atoms with Crippen LogP contribution in [0.1, 0.15) is 24.5 Å². The summed E-state index contributed by atoms with van der Waals surface area (Å²) in [5.41, 5.74) is 0.833. The minimum absolute atomic E-state index is 0.107. The predicted octanol–water partition coefficient (Wildman–Crippen LogP) is 5.46. The van der Waals surface area contributed by atoms with Crippen molar-refractivity contribution in [2.45, 2.75) is 50.2 Å². The number of hydrogen-bond donors (Lipinski definition) is 1. The van der Waals surface area contributed by atoms with Crippen molar-refractivity contribution >= 4 is 43.2 Å². The first-order valence-corrected chi connectivity index (χ1v) is 18.9. The lowest BCUT2D eigenvalue weighted by Gasteiger charge is -2.32. The topological polar surface area (TPSA) is 99.6 Å². The van der Waals surface area contributed by atoms with Gasteiger partial charge in [-0.1, -0.05) is 55.5 Å². The second-order valence-corrected chi connectivity index (χ2v) is 16.7. The Balaban J connectivity index is 1.41. The largest absolute Gasteiger partial charge is 0.482 e. The van der Waals surface area contributed by atoms with Gasteiger partial charge in [-0.25, -0.2) is 0 Å². The van der Waals surface area contributed by atoms with E-state index < -0.39 is 31.6 Å². The fourth-order valence-electron chi connectivity index (χ4n) is 7.59. The van der Waals surface area contributed by atoms with Crippen LogP contribution in [-0.2, 0) is 31.3 Å². The van der Waals surface area contributed by atoms with E-state index in [4.69, 9.17) is 9.47 Å². The van der Waals surface area contributed by atoms with Crippen molar-refractivity contribution in [3.05, 3.63) is 96.6 Å². The van der Waals surface area contributed by atoms with Crippen LogP contribution in [0.15, 0.2) is 85.5 Å². The molecule has 3 aromatic rings. The average Bonchev–Trinajstić information content (AvgIpc) is 3.47. The molecule has 0 unspecified atom stereocenters. The maximum Gasteiger partial charge on any atom is 0.269 e. The van der Waals surface area contributed by atoms with E-state index in [0.29, 0.717) is 28.4 Å². The van der Waals surface area contributed by atoms with Gasteiger partial charge in [0.05, 0.1) is 30.5 Å². The Labute approximate surface area is 275 Å². The Morgan fingerprint density at radius 3 is 2.53 bits per heavy atom. The van der Waals surface area contributed by atoms with Gasteiger partial charge in [-0.05, 0) is 49.0 Å². The van der Waals surface area contributed by atoms with Crippen molar-refractivity contribution in [3.8, 4) is 5.75 Å². The number of para-hydroxylation sites is 2. The van der Waals surface area contributed by atoms with Crippen LogP contribution in [0.25, 0.3) is 0 Å². The molecule has 1 saturated heterocycles. The average molecular weight is 658 g/mol. The fourth-order valence-corrected chi connectivity index (χ4v) is 10.1. The van der Waals surface area contributed by atoms with Crippen molar-refractivity contribution in [2.24, 2.45) is 5.92 Å². The maximum atomic E-state index is 16.4. The molecule has 3 aliphatic heterocycles. The second kappa shape index (κ2) is 12.7. The van der Waals surface area contributed by atoms with Gasteiger partial charge in [0.2, 0.25) is 14.3 Å². The highest BCUT2D eigenvalue weighted by Crippen LogP contribution is 2.60. The molecule has 11 heteroatoms. The highest BCUT2D eigenvalue weighted by molar-refractivity contribution is 6.72. The summed E-state index contributed by atoms with van der Waals surface area (Å²) in [7, 11) is -3.55. The van der Waals surface area contributed by atoms with Gasteiger partial charge in [0.25, 0.3) is 11.8 Å². The van der Waals surface area contributed by atoms with Crippen LogP contribution >= 0.6 is 0 Å². The Kier molecular flexibility index (Phi) is 8.81. The van der Waals surface area contributed by atoms with Gasteiger partial charge in [-0.15, -0.1) is 6.58 Å². The lowest BCUT2D eigenvalue weighted by Crippen LogP contribution is -2.45. The summed E-state index contributed by atoms with van der Waals surface area (Å²) < 4.78 is 28.8. The number of hydrogen-bond acceptors (Lipinski definition) is 6. The van der Waals surface area contributed by atoms with E-state index in [1.54, 1.807) is 64.2 Å². The lowest BCUT2D eigenvalue weighted by atomic mass is 9.82. The van der Waals surface area contributed by atoms with Gasteiger partial charge in [0.15, 0.2) is 12.2 Å². The summed E-state index contributed by atoms with van der Waals surface area (Å²) >= 11 is 0. The maximum absolute atomic E-state index is 16.4. The monoisotopic (exact) mass is 657 g/mol. The molecule has 47 heavy (non-hydrogen) atoms. The van der Waals surface area contributed by atoms with E-state index in [1.165, 1.54) is 0 Å². The molecule has 0 radical (unpaired) electrons. The Bertz CT molecular complexity index is 1700. The third kappa shape index (κ3) is 5.66. The van der Waals surface area contributed by atoms with Crippen LogP contribution in [0.4, 0.5) is 21.2 Å². The van der Waals surface area contributed by atoms with Crippen molar-refractivity contribution in [1.29, 1.82) is 0 Å². The number of aliphatic hydroxyl groups is 1. The molecule has 3 heterocycles. The molecule has 9 nitrogen and oxygen atoms in total. The predicted molar refractivity (Wildman–Crippen MR) is 180 cm³/mol. The molecule has 0 aliphatic carbocycles. The van der Waals surface area contributed by atoms with Crippen molar-refractivity contribution in [2.75, 3.05) is 36.1 Å². The highest BCUT2D eigenvalue weighted by atomic mass is 28.4. The number of aliphatic hydroxyl groups excluding tert-OH is 1. The van der Waals surface area contributed by atoms with E-state index in [-0.39, 0.29) is 57.0 Å². The number of halogens is 1. The molecule has 3 amide bonds. The van der Waals surface area contributed by atoms with Crippen LogP contribution in [0.3, 0.4) is 0 Å². The summed E-state index contributed by atoms with van der Waals surface area (Å²) in [6.07, 6.45) is 0.581. The first-order chi connectivity index (χ1) is 22.5. The molecule has 6 rings (SSSR count). The van der Waals surface area contributed by atoms with Gasteiger partial charge in [-0.2, -0.15) is 0 Å². The number of carbonyl (C=O) groups is 3. The van der Waals surface area contributed by atoms with Gasteiger partial charge in [-0.3, -0.25) is 19.3 Å². The minimum atomic E-state index is -3.55. The van der Waals surface area contributed by atoms with Crippen LogP contribution < -0.4 is 14.5 Å². The smallest absolute Gasteiger partial charge is 0.269 e. The standard InChI is InChI=1S/C36H40FN3O6Si/c1-5-17-39-28-16-15-26(40-29-13-9-10-14-30(29)45-23-33(40)43)20-27(28)36(35(39)44)24(2)34(47(3,4)37)31(46-36)21-32(42)38(18-19-41)22-25-11-7-6-8-12-25/h5-16,20,24,31,34,41H,1,17-19,21-23H2,2-4H3/t24-,31+,34-,36+/m0/s1.